The number of carbonyl (C=O) groups is 1. The first-order valence-corrected chi connectivity index (χ1v) is 11.5. The van der Waals surface area contributed by atoms with Gasteiger partial charge < -0.3 is 4.74 Å². The lowest BCUT2D eigenvalue weighted by Crippen LogP contribution is -2.48. The number of benzene rings is 2. The number of amides is 1. The first-order chi connectivity index (χ1) is 11.2. The zero-order valence-electron chi connectivity index (χ0n) is 15.0. The molecule has 24 heavy (non-hydrogen) atoms. The summed E-state index contributed by atoms with van der Waals surface area (Å²) >= 11 is 0. The Morgan fingerprint density at radius 2 is 1.58 bits per heavy atom. The summed E-state index contributed by atoms with van der Waals surface area (Å²) in [6, 6.07) is 18.6. The Bertz CT molecular complexity index is 750. The van der Waals surface area contributed by atoms with Crippen LogP contribution in [0.25, 0.3) is 0 Å². The summed E-state index contributed by atoms with van der Waals surface area (Å²) in [5.41, 5.74) is 1.71. The van der Waals surface area contributed by atoms with Crippen LogP contribution in [0.1, 0.15) is 32.0 Å². The summed E-state index contributed by atoms with van der Waals surface area (Å²) in [6.07, 6.45) is -0.262. The van der Waals surface area contributed by atoms with Crippen LogP contribution in [0.4, 0.5) is 10.5 Å². The van der Waals surface area contributed by atoms with Gasteiger partial charge in [0.15, 0.2) is 0 Å². The molecule has 3 rings (SSSR count). The van der Waals surface area contributed by atoms with Crippen LogP contribution in [0.3, 0.4) is 0 Å². The van der Waals surface area contributed by atoms with Gasteiger partial charge in [-0.25, -0.2) is 4.79 Å². The standard InChI is InChI=1S/C20H25NO2Si/c1-20(2,3)23-19(22)21-16-13-9-10-14-17(16)24(4,5)18(21)15-11-7-6-8-12-15/h6-14,18H,1-5H3. The highest BCUT2D eigenvalue weighted by Gasteiger charge is 2.50. The highest BCUT2D eigenvalue weighted by atomic mass is 28.3. The number of para-hydroxylation sites is 1. The highest BCUT2D eigenvalue weighted by molar-refractivity contribution is 6.94. The molecule has 0 spiro atoms. The topological polar surface area (TPSA) is 29.5 Å². The molecule has 3 nitrogen and oxygen atoms in total. The van der Waals surface area contributed by atoms with E-state index in [9.17, 15) is 4.79 Å². The van der Waals surface area contributed by atoms with Crippen LogP contribution >= 0.6 is 0 Å². The van der Waals surface area contributed by atoms with Crippen molar-refractivity contribution in [3.63, 3.8) is 0 Å². The van der Waals surface area contributed by atoms with E-state index in [2.05, 4.69) is 37.4 Å². The number of anilines is 1. The Kier molecular flexibility index (Phi) is 4.04. The molecule has 0 aromatic heterocycles. The largest absolute Gasteiger partial charge is 0.443 e. The number of carbonyl (C=O) groups excluding carboxylic acids is 1. The van der Waals surface area contributed by atoms with E-state index in [1.165, 1.54) is 10.8 Å². The minimum atomic E-state index is -1.91. The van der Waals surface area contributed by atoms with E-state index in [0.717, 1.165) is 5.69 Å². The third-order valence-corrected chi connectivity index (χ3v) is 8.27. The van der Waals surface area contributed by atoms with Crippen molar-refractivity contribution in [2.45, 2.75) is 45.1 Å². The molecule has 0 N–H and O–H groups in total. The molecule has 0 aliphatic carbocycles. The molecule has 4 heteroatoms. The van der Waals surface area contributed by atoms with Gasteiger partial charge in [0.1, 0.15) is 13.7 Å². The van der Waals surface area contributed by atoms with Gasteiger partial charge in [0.05, 0.1) is 5.67 Å². The average Bonchev–Trinajstić information content (AvgIpc) is 2.75. The Balaban J connectivity index is 2.13. The first kappa shape index (κ1) is 16.8. The molecule has 0 fully saturated rings. The molecule has 2 aromatic rings. The molecule has 1 heterocycles. The monoisotopic (exact) mass is 339 g/mol. The molecule has 0 saturated heterocycles. The summed E-state index contributed by atoms with van der Waals surface area (Å²) in [4.78, 5) is 14.9. The van der Waals surface area contributed by atoms with Gasteiger partial charge in [0.2, 0.25) is 0 Å². The Labute approximate surface area is 145 Å². The SMILES string of the molecule is CC(C)(C)OC(=O)N1c2ccccc2[Si](C)(C)C1c1ccccc1. The maximum absolute atomic E-state index is 13.0. The van der Waals surface area contributed by atoms with Gasteiger partial charge in [-0.3, -0.25) is 4.90 Å². The van der Waals surface area contributed by atoms with E-state index < -0.39 is 13.7 Å². The molecule has 2 aromatic carbocycles. The maximum atomic E-state index is 13.0. The van der Waals surface area contributed by atoms with Gasteiger partial charge >= 0.3 is 6.09 Å². The number of rotatable bonds is 1. The van der Waals surface area contributed by atoms with Crippen LogP contribution in [0, 0.1) is 0 Å². The smallest absolute Gasteiger partial charge is 0.415 e. The van der Waals surface area contributed by atoms with Crippen molar-refractivity contribution in [3.8, 4) is 0 Å². The zero-order chi connectivity index (χ0) is 17.5. The number of ether oxygens (including phenoxy) is 1. The first-order valence-electron chi connectivity index (χ1n) is 8.38. The quantitative estimate of drug-likeness (QED) is 0.709. The van der Waals surface area contributed by atoms with Crippen molar-refractivity contribution in [1.82, 2.24) is 0 Å². The van der Waals surface area contributed by atoms with Crippen molar-refractivity contribution in [2.75, 3.05) is 4.90 Å². The van der Waals surface area contributed by atoms with Crippen molar-refractivity contribution >= 4 is 25.0 Å². The summed E-state index contributed by atoms with van der Waals surface area (Å²) in [5, 5.41) is 1.31. The third-order valence-electron chi connectivity index (χ3n) is 4.51. The zero-order valence-corrected chi connectivity index (χ0v) is 16.0. The third kappa shape index (κ3) is 2.86. The fourth-order valence-corrected chi connectivity index (χ4v) is 7.15. The van der Waals surface area contributed by atoms with E-state index in [1.807, 2.05) is 56.0 Å². The van der Waals surface area contributed by atoms with Crippen molar-refractivity contribution in [2.24, 2.45) is 0 Å². The molecule has 126 valence electrons. The lowest BCUT2D eigenvalue weighted by molar-refractivity contribution is 0.0576. The highest BCUT2D eigenvalue weighted by Crippen LogP contribution is 2.41. The fourth-order valence-electron chi connectivity index (χ4n) is 3.55. The predicted molar refractivity (Wildman–Crippen MR) is 101 cm³/mol. The van der Waals surface area contributed by atoms with Gasteiger partial charge in [-0.05, 0) is 37.6 Å². The van der Waals surface area contributed by atoms with Crippen molar-refractivity contribution < 1.29 is 9.53 Å². The molecule has 0 bridgehead atoms. The van der Waals surface area contributed by atoms with E-state index in [-0.39, 0.29) is 11.8 Å². The number of nitrogens with zero attached hydrogens (tertiary/aromatic N) is 1. The molecule has 1 amide bonds. The fraction of sp³-hybridized carbons (Fsp3) is 0.350. The van der Waals surface area contributed by atoms with Gasteiger partial charge in [0, 0.05) is 5.69 Å². The van der Waals surface area contributed by atoms with E-state index in [0.29, 0.717) is 0 Å². The van der Waals surface area contributed by atoms with Gasteiger partial charge in [0.25, 0.3) is 0 Å². The molecule has 1 aliphatic rings. The molecule has 0 saturated carbocycles. The minimum absolute atomic E-state index is 0.0472. The summed E-state index contributed by atoms with van der Waals surface area (Å²) in [7, 11) is -1.91. The van der Waals surface area contributed by atoms with Crippen LogP contribution in [0.15, 0.2) is 54.6 Å². The van der Waals surface area contributed by atoms with Crippen molar-refractivity contribution in [3.05, 3.63) is 60.2 Å². The Morgan fingerprint density at radius 3 is 2.21 bits per heavy atom. The number of hydrogen-bond acceptors (Lipinski definition) is 2. The molecule has 1 atom stereocenters. The second-order valence-electron chi connectivity index (χ2n) is 7.90. The van der Waals surface area contributed by atoms with Gasteiger partial charge in [-0.15, -0.1) is 0 Å². The van der Waals surface area contributed by atoms with Crippen LogP contribution < -0.4 is 10.1 Å². The number of hydrogen-bond donors (Lipinski definition) is 0. The van der Waals surface area contributed by atoms with Crippen molar-refractivity contribution in [1.29, 1.82) is 0 Å². The lowest BCUT2D eigenvalue weighted by atomic mass is 10.2. The van der Waals surface area contributed by atoms with Crippen LogP contribution in [0.5, 0.6) is 0 Å². The number of fused-ring (bicyclic) bond motifs is 1. The second kappa shape index (κ2) is 5.78. The van der Waals surface area contributed by atoms with Crippen LogP contribution in [-0.4, -0.2) is 19.8 Å². The Morgan fingerprint density at radius 1 is 1.00 bits per heavy atom. The minimum Gasteiger partial charge on any atom is -0.443 e. The second-order valence-corrected chi connectivity index (χ2v) is 12.4. The van der Waals surface area contributed by atoms with Gasteiger partial charge in [-0.2, -0.15) is 0 Å². The predicted octanol–water partition coefficient (Wildman–Crippen LogP) is 4.64. The molecule has 1 unspecified atom stereocenters. The van der Waals surface area contributed by atoms with Crippen LogP contribution in [0.2, 0.25) is 13.1 Å². The molecular formula is C20H25NO2Si. The van der Waals surface area contributed by atoms with E-state index >= 15 is 0 Å². The molecular weight excluding hydrogens is 314 g/mol. The normalized spacial score (nSPS) is 19.0. The maximum Gasteiger partial charge on any atom is 0.415 e. The average molecular weight is 340 g/mol. The van der Waals surface area contributed by atoms with Gasteiger partial charge in [-0.1, -0.05) is 61.6 Å². The summed E-state index contributed by atoms with van der Waals surface area (Å²) < 4.78 is 5.73. The Hall–Kier alpha value is -2.07. The van der Waals surface area contributed by atoms with E-state index in [1.54, 1.807) is 0 Å². The summed E-state index contributed by atoms with van der Waals surface area (Å²) in [6.45, 7) is 10.4. The molecule has 1 aliphatic heterocycles. The van der Waals surface area contributed by atoms with E-state index in [4.69, 9.17) is 4.74 Å². The lowest BCUT2D eigenvalue weighted by Gasteiger charge is -2.33. The molecule has 0 radical (unpaired) electrons. The van der Waals surface area contributed by atoms with Crippen LogP contribution in [-0.2, 0) is 4.74 Å². The summed E-state index contributed by atoms with van der Waals surface area (Å²) in [5.74, 6) is 0.